The largest absolute Gasteiger partial charge is 0.495 e. The maximum Gasteiger partial charge on any atom is 0.241 e. The molecule has 1 heterocycles. The van der Waals surface area contributed by atoms with E-state index >= 15 is 0 Å². The molecule has 0 fully saturated rings. The Labute approximate surface area is 192 Å². The van der Waals surface area contributed by atoms with Crippen molar-refractivity contribution in [2.75, 3.05) is 19.0 Å². The lowest BCUT2D eigenvalue weighted by molar-refractivity contribution is -0.117. The van der Waals surface area contributed by atoms with Crippen molar-refractivity contribution < 1.29 is 9.53 Å². The maximum absolute atomic E-state index is 12.9. The fraction of sp³-hybridized carbons (Fsp3) is 0.192. The number of methoxy groups -OCH3 is 1. The average Bonchev–Trinajstić information content (AvgIpc) is 3.24. The number of carbonyl (C=O) groups excluding carboxylic acids is 1. The Hall–Kier alpha value is -3.28. The van der Waals surface area contributed by atoms with Crippen molar-refractivity contribution >= 4 is 34.1 Å². The van der Waals surface area contributed by atoms with Crippen LogP contribution in [0.3, 0.4) is 0 Å². The van der Waals surface area contributed by atoms with Crippen LogP contribution in [0.2, 0.25) is 5.02 Å². The molecule has 4 rings (SSSR count). The highest BCUT2D eigenvalue weighted by Crippen LogP contribution is 2.31. The van der Waals surface area contributed by atoms with Crippen molar-refractivity contribution in [2.45, 2.75) is 18.9 Å². The Morgan fingerprint density at radius 3 is 2.59 bits per heavy atom. The standard InChI is InChI=1S/C26H26ClN3O2/c1-17(26(31)30-24-14-19(27)12-13-25(24)32-2)28-15-21(18-8-4-3-5-9-18)22-16-29-23-11-7-6-10-20(22)23/h3-14,16-17,21,28-29H,15H2,1-2H3,(H,30,31). The van der Waals surface area contributed by atoms with E-state index in [-0.39, 0.29) is 11.8 Å². The van der Waals surface area contributed by atoms with Crippen LogP contribution < -0.4 is 15.4 Å². The predicted octanol–water partition coefficient (Wildman–Crippen LogP) is 5.58. The van der Waals surface area contributed by atoms with Crippen molar-refractivity contribution in [1.82, 2.24) is 10.3 Å². The molecule has 32 heavy (non-hydrogen) atoms. The summed E-state index contributed by atoms with van der Waals surface area (Å²) in [5.74, 6) is 0.496. The molecule has 0 radical (unpaired) electrons. The monoisotopic (exact) mass is 447 g/mol. The molecule has 164 valence electrons. The van der Waals surface area contributed by atoms with E-state index in [2.05, 4.69) is 46.1 Å². The van der Waals surface area contributed by atoms with Gasteiger partial charge in [-0.15, -0.1) is 0 Å². The van der Waals surface area contributed by atoms with Crippen LogP contribution in [0, 0.1) is 0 Å². The summed E-state index contributed by atoms with van der Waals surface area (Å²) >= 11 is 6.09. The molecule has 1 aromatic heterocycles. The first-order valence-corrected chi connectivity index (χ1v) is 10.9. The van der Waals surface area contributed by atoms with Crippen molar-refractivity contribution in [3.8, 4) is 5.75 Å². The van der Waals surface area contributed by atoms with Gasteiger partial charge in [-0.25, -0.2) is 0 Å². The number of para-hydroxylation sites is 1. The molecule has 0 aliphatic carbocycles. The van der Waals surface area contributed by atoms with Crippen molar-refractivity contribution in [2.24, 2.45) is 0 Å². The lowest BCUT2D eigenvalue weighted by atomic mass is 9.90. The van der Waals surface area contributed by atoms with Gasteiger partial charge in [0, 0.05) is 34.6 Å². The van der Waals surface area contributed by atoms with E-state index in [1.165, 1.54) is 16.5 Å². The summed E-state index contributed by atoms with van der Waals surface area (Å²) in [6.07, 6.45) is 2.06. The van der Waals surface area contributed by atoms with Crippen LogP contribution in [-0.2, 0) is 4.79 Å². The van der Waals surface area contributed by atoms with Crippen molar-refractivity contribution in [1.29, 1.82) is 0 Å². The first-order valence-electron chi connectivity index (χ1n) is 10.6. The summed E-state index contributed by atoms with van der Waals surface area (Å²) in [5, 5.41) is 8.04. The summed E-state index contributed by atoms with van der Waals surface area (Å²) in [5.41, 5.74) is 4.04. The zero-order valence-electron chi connectivity index (χ0n) is 18.1. The lowest BCUT2D eigenvalue weighted by Crippen LogP contribution is -2.40. The molecule has 0 spiro atoms. The van der Waals surface area contributed by atoms with Crippen molar-refractivity contribution in [3.63, 3.8) is 0 Å². The van der Waals surface area contributed by atoms with E-state index in [1.807, 2.05) is 37.3 Å². The molecule has 3 aromatic carbocycles. The van der Waals surface area contributed by atoms with Crippen LogP contribution in [0.4, 0.5) is 5.69 Å². The average molecular weight is 448 g/mol. The molecule has 0 bridgehead atoms. The smallest absolute Gasteiger partial charge is 0.241 e. The van der Waals surface area contributed by atoms with Gasteiger partial charge >= 0.3 is 0 Å². The normalized spacial score (nSPS) is 13.0. The van der Waals surface area contributed by atoms with Crippen LogP contribution in [0.15, 0.2) is 79.0 Å². The lowest BCUT2D eigenvalue weighted by Gasteiger charge is -2.21. The molecule has 0 saturated heterocycles. The molecule has 6 heteroatoms. The van der Waals surface area contributed by atoms with Gasteiger partial charge in [0.2, 0.25) is 5.91 Å². The van der Waals surface area contributed by atoms with Crippen LogP contribution in [0.25, 0.3) is 10.9 Å². The number of aromatic nitrogens is 1. The molecule has 3 N–H and O–H groups in total. The molecule has 4 aromatic rings. The quantitative estimate of drug-likeness (QED) is 0.330. The summed E-state index contributed by atoms with van der Waals surface area (Å²) < 4.78 is 5.33. The molecule has 2 atom stereocenters. The number of fused-ring (bicyclic) bond motifs is 1. The van der Waals surface area contributed by atoms with Gasteiger partial charge in [0.25, 0.3) is 0 Å². The highest BCUT2D eigenvalue weighted by Gasteiger charge is 2.21. The first kappa shape index (κ1) is 21.9. The third-order valence-corrected chi connectivity index (χ3v) is 5.87. The Morgan fingerprint density at radius 1 is 1.06 bits per heavy atom. The summed E-state index contributed by atoms with van der Waals surface area (Å²) in [6, 6.07) is 23.3. The Morgan fingerprint density at radius 2 is 1.81 bits per heavy atom. The molecule has 0 saturated carbocycles. The number of aromatic amines is 1. The zero-order chi connectivity index (χ0) is 22.5. The number of benzene rings is 3. The SMILES string of the molecule is COc1ccc(Cl)cc1NC(=O)C(C)NCC(c1ccccc1)c1c[nH]c2ccccc12. The van der Waals surface area contributed by atoms with Crippen LogP contribution >= 0.6 is 11.6 Å². The Balaban J connectivity index is 1.52. The molecule has 2 unspecified atom stereocenters. The van der Waals surface area contributed by atoms with Gasteiger partial charge in [0.1, 0.15) is 5.75 Å². The third kappa shape index (κ3) is 4.79. The summed E-state index contributed by atoms with van der Waals surface area (Å²) in [4.78, 5) is 16.2. The predicted molar refractivity (Wildman–Crippen MR) is 131 cm³/mol. The number of hydrogen-bond acceptors (Lipinski definition) is 3. The Kier molecular flexibility index (Phi) is 6.78. The van der Waals surface area contributed by atoms with Gasteiger partial charge in [0.05, 0.1) is 18.8 Å². The molecule has 0 aliphatic rings. The van der Waals surface area contributed by atoms with E-state index in [0.717, 1.165) is 5.52 Å². The van der Waals surface area contributed by atoms with E-state index in [9.17, 15) is 4.79 Å². The van der Waals surface area contributed by atoms with Crippen LogP contribution in [0.5, 0.6) is 5.75 Å². The second-order valence-corrected chi connectivity index (χ2v) is 8.15. The molecule has 0 aliphatic heterocycles. The second kappa shape index (κ2) is 9.90. The molecule has 1 amide bonds. The van der Waals surface area contributed by atoms with Crippen LogP contribution in [-0.4, -0.2) is 30.6 Å². The van der Waals surface area contributed by atoms with Gasteiger partial charge in [-0.1, -0.05) is 60.1 Å². The number of hydrogen-bond donors (Lipinski definition) is 3. The van der Waals surface area contributed by atoms with Gasteiger partial charge in [-0.2, -0.15) is 0 Å². The summed E-state index contributed by atoms with van der Waals surface area (Å²) in [7, 11) is 1.56. The molecule has 5 nitrogen and oxygen atoms in total. The van der Waals surface area contributed by atoms with E-state index in [4.69, 9.17) is 16.3 Å². The minimum absolute atomic E-state index is 0.0864. The third-order valence-electron chi connectivity index (χ3n) is 5.64. The topological polar surface area (TPSA) is 66.2 Å². The number of ether oxygens (including phenoxy) is 1. The fourth-order valence-electron chi connectivity index (χ4n) is 3.88. The van der Waals surface area contributed by atoms with Gasteiger partial charge in [-0.3, -0.25) is 4.79 Å². The molecular weight excluding hydrogens is 422 g/mol. The Bertz CT molecular complexity index is 1210. The van der Waals surface area contributed by atoms with E-state index < -0.39 is 6.04 Å². The van der Waals surface area contributed by atoms with Crippen LogP contribution in [0.1, 0.15) is 24.0 Å². The van der Waals surface area contributed by atoms with Gasteiger partial charge in [-0.05, 0) is 42.3 Å². The number of anilines is 1. The highest BCUT2D eigenvalue weighted by atomic mass is 35.5. The van der Waals surface area contributed by atoms with E-state index in [1.54, 1.807) is 25.3 Å². The number of halogens is 1. The maximum atomic E-state index is 12.9. The van der Waals surface area contributed by atoms with Gasteiger partial charge < -0.3 is 20.4 Å². The summed E-state index contributed by atoms with van der Waals surface area (Å²) in [6.45, 7) is 2.46. The number of H-pyrrole nitrogens is 1. The number of nitrogens with one attached hydrogen (secondary N) is 3. The van der Waals surface area contributed by atoms with E-state index in [0.29, 0.717) is 23.0 Å². The minimum atomic E-state index is -0.421. The van der Waals surface area contributed by atoms with Crippen molar-refractivity contribution in [3.05, 3.63) is 95.1 Å². The number of carbonyl (C=O) groups is 1. The highest BCUT2D eigenvalue weighted by molar-refractivity contribution is 6.31. The molecular formula is C26H26ClN3O2. The fourth-order valence-corrected chi connectivity index (χ4v) is 4.05. The second-order valence-electron chi connectivity index (χ2n) is 7.72. The minimum Gasteiger partial charge on any atom is -0.495 e. The first-order chi connectivity index (χ1) is 15.6. The number of amides is 1. The van der Waals surface area contributed by atoms with Gasteiger partial charge in [0.15, 0.2) is 0 Å². The zero-order valence-corrected chi connectivity index (χ0v) is 18.8. The number of rotatable bonds is 8.